The smallest absolute Gasteiger partial charge is 0.281 e. The maximum Gasteiger partial charge on any atom is 0.281 e. The number of anilines is 2. The number of benzene rings is 3. The SMILES string of the molecule is O=C1C=C(Nc2cc(F)c(O)c(F)c2)C(=O)N1c1ccc(-c2ccccc2)cc1. The Morgan fingerprint density at radius 1 is 0.828 bits per heavy atom. The second-order valence-corrected chi connectivity index (χ2v) is 6.36. The summed E-state index contributed by atoms with van der Waals surface area (Å²) in [4.78, 5) is 25.9. The van der Waals surface area contributed by atoms with Crippen molar-refractivity contribution < 1.29 is 23.5 Å². The third-order valence-electron chi connectivity index (χ3n) is 4.45. The number of phenols is 1. The summed E-state index contributed by atoms with van der Waals surface area (Å²) in [5, 5.41) is 11.7. The molecule has 3 aromatic carbocycles. The highest BCUT2D eigenvalue weighted by Gasteiger charge is 2.32. The Bertz CT molecular complexity index is 1120. The maximum atomic E-state index is 13.5. The number of halogens is 2. The molecule has 1 aliphatic rings. The zero-order chi connectivity index (χ0) is 20.5. The van der Waals surface area contributed by atoms with E-state index in [2.05, 4.69) is 5.32 Å². The molecule has 0 unspecified atom stereocenters. The molecule has 4 rings (SSSR count). The summed E-state index contributed by atoms with van der Waals surface area (Å²) < 4.78 is 27.0. The van der Waals surface area contributed by atoms with Crippen LogP contribution in [0.2, 0.25) is 0 Å². The lowest BCUT2D eigenvalue weighted by Gasteiger charge is -2.16. The third-order valence-corrected chi connectivity index (χ3v) is 4.45. The van der Waals surface area contributed by atoms with Crippen LogP contribution in [-0.2, 0) is 9.59 Å². The van der Waals surface area contributed by atoms with Crippen LogP contribution in [0.3, 0.4) is 0 Å². The number of amides is 2. The van der Waals surface area contributed by atoms with Crippen molar-refractivity contribution in [3.8, 4) is 16.9 Å². The van der Waals surface area contributed by atoms with Crippen LogP contribution >= 0.6 is 0 Å². The van der Waals surface area contributed by atoms with E-state index in [0.717, 1.165) is 34.2 Å². The monoisotopic (exact) mass is 392 g/mol. The molecule has 3 aromatic rings. The lowest BCUT2D eigenvalue weighted by molar-refractivity contribution is -0.120. The van der Waals surface area contributed by atoms with E-state index in [-0.39, 0.29) is 11.4 Å². The first kappa shape index (κ1) is 18.4. The zero-order valence-electron chi connectivity index (χ0n) is 14.9. The highest BCUT2D eigenvalue weighted by atomic mass is 19.1. The number of carbonyl (C=O) groups excluding carboxylic acids is 2. The Kier molecular flexibility index (Phi) is 4.56. The van der Waals surface area contributed by atoms with Crippen molar-refractivity contribution in [3.05, 3.63) is 90.1 Å². The van der Waals surface area contributed by atoms with Gasteiger partial charge in [0.25, 0.3) is 11.8 Å². The van der Waals surface area contributed by atoms with E-state index in [0.29, 0.717) is 5.69 Å². The van der Waals surface area contributed by atoms with E-state index in [1.165, 1.54) is 0 Å². The maximum absolute atomic E-state index is 13.5. The van der Waals surface area contributed by atoms with Crippen LogP contribution in [0, 0.1) is 11.6 Å². The van der Waals surface area contributed by atoms with E-state index >= 15 is 0 Å². The van der Waals surface area contributed by atoms with Gasteiger partial charge in [0.2, 0.25) is 0 Å². The van der Waals surface area contributed by atoms with Crippen molar-refractivity contribution in [1.82, 2.24) is 0 Å². The largest absolute Gasteiger partial charge is 0.503 e. The highest BCUT2D eigenvalue weighted by Crippen LogP contribution is 2.29. The standard InChI is InChI=1S/C22H14F2N2O3/c23-17-10-15(11-18(24)21(17)28)25-19-12-20(27)26(22(19)29)16-8-6-14(7-9-16)13-4-2-1-3-5-13/h1-12,25,28H. The average Bonchev–Trinajstić information content (AvgIpc) is 3.00. The lowest BCUT2D eigenvalue weighted by atomic mass is 10.1. The van der Waals surface area contributed by atoms with Gasteiger partial charge in [-0.15, -0.1) is 0 Å². The Morgan fingerprint density at radius 2 is 1.41 bits per heavy atom. The summed E-state index contributed by atoms with van der Waals surface area (Å²) in [5.41, 5.74) is 2.05. The average molecular weight is 392 g/mol. The molecule has 144 valence electrons. The van der Waals surface area contributed by atoms with Crippen molar-refractivity contribution >= 4 is 23.2 Å². The highest BCUT2D eigenvalue weighted by molar-refractivity contribution is 6.31. The fourth-order valence-corrected chi connectivity index (χ4v) is 3.03. The summed E-state index contributed by atoms with van der Waals surface area (Å²) in [6, 6.07) is 18.2. The molecule has 5 nitrogen and oxygen atoms in total. The van der Waals surface area contributed by atoms with Crippen molar-refractivity contribution in [2.24, 2.45) is 0 Å². The molecular formula is C22H14F2N2O3. The van der Waals surface area contributed by atoms with Crippen molar-refractivity contribution in [1.29, 1.82) is 0 Å². The zero-order valence-corrected chi connectivity index (χ0v) is 14.9. The molecule has 0 saturated heterocycles. The van der Waals surface area contributed by atoms with Crippen molar-refractivity contribution in [2.45, 2.75) is 0 Å². The predicted octanol–water partition coefficient (Wildman–Crippen LogP) is 4.21. The van der Waals surface area contributed by atoms with Gasteiger partial charge in [-0.05, 0) is 23.3 Å². The van der Waals surface area contributed by atoms with E-state index in [4.69, 9.17) is 5.11 Å². The molecule has 0 bridgehead atoms. The van der Waals surface area contributed by atoms with E-state index < -0.39 is 29.2 Å². The summed E-state index contributed by atoms with van der Waals surface area (Å²) in [7, 11) is 0. The Labute approximate surface area is 164 Å². The minimum absolute atomic E-state index is 0.105. The van der Waals surface area contributed by atoms with Gasteiger partial charge < -0.3 is 10.4 Å². The molecule has 2 N–H and O–H groups in total. The van der Waals surface area contributed by atoms with E-state index in [1.54, 1.807) is 24.3 Å². The fourth-order valence-electron chi connectivity index (χ4n) is 3.03. The minimum atomic E-state index is -1.18. The summed E-state index contributed by atoms with van der Waals surface area (Å²) in [5.74, 6) is -4.71. The first-order valence-electron chi connectivity index (χ1n) is 8.64. The molecule has 29 heavy (non-hydrogen) atoms. The van der Waals surface area contributed by atoms with Crippen molar-refractivity contribution in [2.75, 3.05) is 10.2 Å². The van der Waals surface area contributed by atoms with E-state index in [1.807, 2.05) is 30.3 Å². The van der Waals surface area contributed by atoms with Crippen LogP contribution in [0.25, 0.3) is 11.1 Å². The van der Waals surface area contributed by atoms with Crippen LogP contribution in [0.5, 0.6) is 5.75 Å². The number of nitrogens with zero attached hydrogens (tertiary/aromatic N) is 1. The first-order valence-corrected chi connectivity index (χ1v) is 8.64. The van der Waals surface area contributed by atoms with Crippen LogP contribution < -0.4 is 10.2 Å². The molecule has 1 heterocycles. The Hall–Kier alpha value is -4.00. The van der Waals surface area contributed by atoms with E-state index in [9.17, 15) is 18.4 Å². The lowest BCUT2D eigenvalue weighted by Crippen LogP contribution is -2.31. The molecular weight excluding hydrogens is 378 g/mol. The molecule has 0 spiro atoms. The summed E-state index contributed by atoms with van der Waals surface area (Å²) in [6.07, 6.45) is 1.05. The first-order chi connectivity index (χ1) is 13.9. The molecule has 0 fully saturated rings. The number of carbonyl (C=O) groups is 2. The Balaban J connectivity index is 1.55. The molecule has 1 aliphatic heterocycles. The molecule has 0 radical (unpaired) electrons. The molecule has 0 atom stereocenters. The van der Waals surface area contributed by atoms with Gasteiger partial charge in [-0.25, -0.2) is 13.7 Å². The topological polar surface area (TPSA) is 69.6 Å². The minimum Gasteiger partial charge on any atom is -0.503 e. The molecule has 0 aromatic heterocycles. The second kappa shape index (κ2) is 7.20. The number of rotatable bonds is 4. The van der Waals surface area contributed by atoms with Gasteiger partial charge in [0.1, 0.15) is 5.70 Å². The summed E-state index contributed by atoms with van der Waals surface area (Å²) in [6.45, 7) is 0. The number of aromatic hydroxyl groups is 1. The van der Waals surface area contributed by atoms with Crippen LogP contribution in [0.15, 0.2) is 78.5 Å². The number of hydrogen-bond acceptors (Lipinski definition) is 4. The number of phenolic OH excluding ortho intramolecular Hbond substituents is 1. The number of imide groups is 1. The fraction of sp³-hybridized carbons (Fsp3) is 0. The van der Waals surface area contributed by atoms with Gasteiger partial charge in [-0.3, -0.25) is 9.59 Å². The second-order valence-electron chi connectivity index (χ2n) is 6.36. The van der Waals surface area contributed by atoms with Gasteiger partial charge >= 0.3 is 0 Å². The number of nitrogens with one attached hydrogen (secondary N) is 1. The number of hydrogen-bond donors (Lipinski definition) is 2. The van der Waals surface area contributed by atoms with Gasteiger partial charge in [0, 0.05) is 23.9 Å². The van der Waals surface area contributed by atoms with Crippen LogP contribution in [0.4, 0.5) is 20.2 Å². The molecule has 7 heteroatoms. The Morgan fingerprint density at radius 3 is 2.03 bits per heavy atom. The quantitative estimate of drug-likeness (QED) is 0.516. The van der Waals surface area contributed by atoms with Gasteiger partial charge in [0.05, 0.1) is 5.69 Å². The van der Waals surface area contributed by atoms with Gasteiger partial charge in [-0.1, -0.05) is 42.5 Å². The van der Waals surface area contributed by atoms with Crippen LogP contribution in [-0.4, -0.2) is 16.9 Å². The van der Waals surface area contributed by atoms with Crippen LogP contribution in [0.1, 0.15) is 0 Å². The normalized spacial score (nSPS) is 13.6. The van der Waals surface area contributed by atoms with Crippen molar-refractivity contribution in [3.63, 3.8) is 0 Å². The van der Waals surface area contributed by atoms with Gasteiger partial charge in [0.15, 0.2) is 17.4 Å². The molecule has 0 aliphatic carbocycles. The predicted molar refractivity (Wildman–Crippen MR) is 104 cm³/mol. The summed E-state index contributed by atoms with van der Waals surface area (Å²) >= 11 is 0. The molecule has 0 saturated carbocycles. The van der Waals surface area contributed by atoms with Gasteiger partial charge in [-0.2, -0.15) is 0 Å². The third kappa shape index (κ3) is 3.45. The molecule has 2 amide bonds.